The van der Waals surface area contributed by atoms with Gasteiger partial charge in [0.15, 0.2) is 0 Å². The highest BCUT2D eigenvalue weighted by molar-refractivity contribution is 5.93. The molecule has 0 saturated carbocycles. The summed E-state index contributed by atoms with van der Waals surface area (Å²) in [6.07, 6.45) is 3.16. The van der Waals surface area contributed by atoms with E-state index in [1.807, 2.05) is 26.8 Å². The maximum atomic E-state index is 12.2. The number of esters is 1. The van der Waals surface area contributed by atoms with Crippen LogP contribution in [0.25, 0.3) is 10.8 Å². The number of fused-ring (bicyclic) bond motifs is 2. The van der Waals surface area contributed by atoms with Gasteiger partial charge >= 0.3 is 5.97 Å². The minimum Gasteiger partial charge on any atom is -0.481 e. The molecule has 0 fully saturated rings. The summed E-state index contributed by atoms with van der Waals surface area (Å²) in [4.78, 5) is 25.7. The average Bonchev–Trinajstić information content (AvgIpc) is 2.76. The van der Waals surface area contributed by atoms with Gasteiger partial charge in [-0.15, -0.1) is 0 Å². The lowest BCUT2D eigenvalue weighted by Gasteiger charge is -2.27. The topological polar surface area (TPSA) is 121 Å². The molecule has 0 radical (unpaired) electrons. The second kappa shape index (κ2) is 8.33. The Morgan fingerprint density at radius 3 is 2.66 bits per heavy atom. The number of pyridine rings is 3. The fourth-order valence-electron chi connectivity index (χ4n) is 3.93. The van der Waals surface area contributed by atoms with Crippen LogP contribution in [-0.2, 0) is 15.0 Å². The summed E-state index contributed by atoms with van der Waals surface area (Å²) in [6.45, 7) is 6.06. The van der Waals surface area contributed by atoms with Crippen LogP contribution in [0.5, 0.6) is 5.88 Å². The van der Waals surface area contributed by atoms with Crippen molar-refractivity contribution in [2.45, 2.75) is 38.3 Å². The van der Waals surface area contributed by atoms with Crippen LogP contribution in [0, 0.1) is 0 Å². The van der Waals surface area contributed by atoms with Gasteiger partial charge in [-0.2, -0.15) is 0 Å². The molecule has 0 aromatic carbocycles. The predicted octanol–water partition coefficient (Wildman–Crippen LogP) is 3.26. The van der Waals surface area contributed by atoms with E-state index in [0.29, 0.717) is 35.4 Å². The van der Waals surface area contributed by atoms with Crippen molar-refractivity contribution in [3.05, 3.63) is 47.4 Å². The standard InChI is InChI=1S/C23H27N5O4/c1-12-13(2)32-22(29)14-6-7-18(28-20(12)14)27-19-8-15-16(9-25-19)21(31-5)26-10-17(15)23(3,24)11-30-4/h6-10,12-13H,11,24H2,1-5H3,(H,25,27,28)/t12-,13+,23?/m1/s1. The molecule has 168 valence electrons. The van der Waals surface area contributed by atoms with Gasteiger partial charge in [0.2, 0.25) is 5.88 Å². The van der Waals surface area contributed by atoms with E-state index in [2.05, 4.69) is 20.3 Å². The molecule has 0 aliphatic carbocycles. The van der Waals surface area contributed by atoms with Gasteiger partial charge in [-0.1, -0.05) is 6.92 Å². The minimum atomic E-state index is -0.763. The van der Waals surface area contributed by atoms with E-state index in [4.69, 9.17) is 19.9 Å². The van der Waals surface area contributed by atoms with E-state index >= 15 is 0 Å². The number of ether oxygens (including phenoxy) is 3. The summed E-state index contributed by atoms with van der Waals surface area (Å²) < 4.78 is 16.1. The second-order valence-corrected chi connectivity index (χ2v) is 8.30. The number of nitrogens with two attached hydrogens (primary N) is 1. The van der Waals surface area contributed by atoms with Gasteiger partial charge in [-0.05, 0) is 37.4 Å². The van der Waals surface area contributed by atoms with Crippen molar-refractivity contribution < 1.29 is 19.0 Å². The Morgan fingerprint density at radius 1 is 1.16 bits per heavy atom. The molecule has 0 bridgehead atoms. The number of anilines is 2. The smallest absolute Gasteiger partial charge is 0.340 e. The number of hydrogen-bond acceptors (Lipinski definition) is 9. The number of methoxy groups -OCH3 is 2. The van der Waals surface area contributed by atoms with E-state index < -0.39 is 5.54 Å². The third-order valence-corrected chi connectivity index (χ3v) is 5.82. The molecule has 1 aliphatic heterocycles. The lowest BCUT2D eigenvalue weighted by molar-refractivity contribution is 0.0235. The normalized spacial score (nSPS) is 19.8. The first kappa shape index (κ1) is 21.9. The van der Waals surface area contributed by atoms with Gasteiger partial charge in [-0.3, -0.25) is 0 Å². The monoisotopic (exact) mass is 437 g/mol. The average molecular weight is 438 g/mol. The number of rotatable bonds is 6. The van der Waals surface area contributed by atoms with Crippen LogP contribution in [0.4, 0.5) is 11.6 Å². The summed E-state index contributed by atoms with van der Waals surface area (Å²) in [6, 6.07) is 5.35. The van der Waals surface area contributed by atoms with Crippen LogP contribution in [0.3, 0.4) is 0 Å². The van der Waals surface area contributed by atoms with E-state index in [-0.39, 0.29) is 18.0 Å². The molecule has 1 aliphatic rings. The van der Waals surface area contributed by atoms with Gasteiger partial charge in [0.1, 0.15) is 17.7 Å². The molecule has 3 aromatic rings. The van der Waals surface area contributed by atoms with E-state index in [1.54, 1.807) is 38.7 Å². The molecule has 3 N–H and O–H groups in total. The van der Waals surface area contributed by atoms with Crippen molar-refractivity contribution in [1.82, 2.24) is 15.0 Å². The quantitative estimate of drug-likeness (QED) is 0.560. The lowest BCUT2D eigenvalue weighted by atomic mass is 9.91. The highest BCUT2D eigenvalue weighted by Gasteiger charge is 2.31. The molecular weight excluding hydrogens is 410 g/mol. The Hall–Kier alpha value is -3.30. The second-order valence-electron chi connectivity index (χ2n) is 8.30. The third-order valence-electron chi connectivity index (χ3n) is 5.82. The van der Waals surface area contributed by atoms with Crippen molar-refractivity contribution in [2.24, 2.45) is 5.73 Å². The van der Waals surface area contributed by atoms with Crippen LogP contribution < -0.4 is 15.8 Å². The Labute approximate surface area is 186 Å². The van der Waals surface area contributed by atoms with Crippen LogP contribution in [-0.4, -0.2) is 47.9 Å². The molecule has 1 unspecified atom stereocenters. The van der Waals surface area contributed by atoms with Gasteiger partial charge in [0, 0.05) is 31.0 Å². The van der Waals surface area contributed by atoms with Crippen molar-refractivity contribution >= 4 is 28.4 Å². The summed E-state index contributed by atoms with van der Waals surface area (Å²) >= 11 is 0. The largest absolute Gasteiger partial charge is 0.481 e. The number of hydrogen-bond donors (Lipinski definition) is 2. The summed E-state index contributed by atoms with van der Waals surface area (Å²) in [5.74, 6) is 1.26. The lowest BCUT2D eigenvalue weighted by Crippen LogP contribution is -2.38. The third kappa shape index (κ3) is 3.85. The number of nitrogens with zero attached hydrogens (tertiary/aromatic N) is 3. The maximum absolute atomic E-state index is 12.2. The van der Waals surface area contributed by atoms with Crippen molar-refractivity contribution in [3.63, 3.8) is 0 Å². The first-order valence-electron chi connectivity index (χ1n) is 10.3. The summed E-state index contributed by atoms with van der Waals surface area (Å²) in [5, 5.41) is 4.83. The number of carbonyl (C=O) groups excluding carboxylic acids is 1. The first-order chi connectivity index (χ1) is 15.2. The molecule has 0 amide bonds. The van der Waals surface area contributed by atoms with Gasteiger partial charge < -0.3 is 25.3 Å². The Kier molecular flexibility index (Phi) is 5.70. The molecule has 3 aromatic heterocycles. The van der Waals surface area contributed by atoms with E-state index in [0.717, 1.165) is 16.3 Å². The summed E-state index contributed by atoms with van der Waals surface area (Å²) in [7, 11) is 3.17. The van der Waals surface area contributed by atoms with Gasteiger partial charge in [0.05, 0.1) is 35.9 Å². The predicted molar refractivity (Wildman–Crippen MR) is 120 cm³/mol. The van der Waals surface area contributed by atoms with Crippen LogP contribution in [0.2, 0.25) is 0 Å². The highest BCUT2D eigenvalue weighted by atomic mass is 16.5. The van der Waals surface area contributed by atoms with E-state index in [9.17, 15) is 4.79 Å². The highest BCUT2D eigenvalue weighted by Crippen LogP contribution is 2.34. The maximum Gasteiger partial charge on any atom is 0.340 e. The van der Waals surface area contributed by atoms with E-state index in [1.165, 1.54) is 0 Å². The van der Waals surface area contributed by atoms with Crippen LogP contribution in [0.1, 0.15) is 48.3 Å². The number of carbonyl (C=O) groups is 1. The summed E-state index contributed by atoms with van der Waals surface area (Å²) in [5.41, 5.74) is 7.77. The Balaban J connectivity index is 1.75. The SMILES string of the molecule is COCC(C)(N)c1cnc(OC)c2cnc(Nc3ccc4c(n3)[C@H](C)[C@H](C)OC4=O)cc12. The zero-order valence-corrected chi connectivity index (χ0v) is 18.8. The number of nitrogens with one attached hydrogen (secondary N) is 1. The molecule has 9 heteroatoms. The van der Waals surface area contributed by atoms with Crippen molar-refractivity contribution in [2.75, 3.05) is 26.1 Å². The minimum absolute atomic E-state index is 0.0112. The molecule has 0 saturated heterocycles. The fraction of sp³-hybridized carbons (Fsp3) is 0.391. The molecule has 3 atom stereocenters. The first-order valence-corrected chi connectivity index (χ1v) is 10.3. The van der Waals surface area contributed by atoms with Gasteiger partial charge in [0.25, 0.3) is 0 Å². The zero-order valence-electron chi connectivity index (χ0n) is 18.8. The molecule has 32 heavy (non-hydrogen) atoms. The van der Waals surface area contributed by atoms with Crippen LogP contribution >= 0.6 is 0 Å². The van der Waals surface area contributed by atoms with Crippen molar-refractivity contribution in [3.8, 4) is 5.88 Å². The number of aromatic nitrogens is 3. The Bertz CT molecular complexity index is 1180. The van der Waals surface area contributed by atoms with Crippen LogP contribution in [0.15, 0.2) is 30.6 Å². The molecule has 4 heterocycles. The molecular formula is C23H27N5O4. The molecule has 9 nitrogen and oxygen atoms in total. The molecule has 4 rings (SSSR count). The van der Waals surface area contributed by atoms with Gasteiger partial charge in [-0.25, -0.2) is 19.7 Å². The Morgan fingerprint density at radius 2 is 1.94 bits per heavy atom. The zero-order chi connectivity index (χ0) is 23.0. The number of cyclic esters (lactones) is 1. The molecule has 0 spiro atoms. The fourth-order valence-corrected chi connectivity index (χ4v) is 3.93. The van der Waals surface area contributed by atoms with Crippen molar-refractivity contribution in [1.29, 1.82) is 0 Å².